The summed E-state index contributed by atoms with van der Waals surface area (Å²) in [4.78, 5) is 40.3. The molecule has 0 spiro atoms. The van der Waals surface area contributed by atoms with Gasteiger partial charge in [0.2, 0.25) is 11.8 Å². The first-order valence-corrected chi connectivity index (χ1v) is 8.87. The van der Waals surface area contributed by atoms with E-state index in [2.05, 4.69) is 10.3 Å². The number of imide groups is 1. The number of amides is 3. The molecule has 1 aliphatic rings. The van der Waals surface area contributed by atoms with E-state index in [0.29, 0.717) is 12.3 Å². The number of oxazole rings is 1. The summed E-state index contributed by atoms with van der Waals surface area (Å²) in [5.74, 6) is 1.23. The highest BCUT2D eigenvalue weighted by Gasteiger charge is 2.29. The lowest BCUT2D eigenvalue weighted by molar-refractivity contribution is -0.125. The van der Waals surface area contributed by atoms with E-state index in [1.54, 1.807) is 0 Å². The van der Waals surface area contributed by atoms with Gasteiger partial charge in [0.25, 0.3) is 5.24 Å². The Kier molecular flexibility index (Phi) is 5.69. The highest BCUT2D eigenvalue weighted by Crippen LogP contribution is 2.24. The van der Waals surface area contributed by atoms with Crippen LogP contribution in [0.5, 0.6) is 0 Å². The second kappa shape index (κ2) is 7.38. The molecule has 132 valence electrons. The van der Waals surface area contributed by atoms with Crippen LogP contribution in [0.2, 0.25) is 0 Å². The van der Waals surface area contributed by atoms with Crippen molar-refractivity contribution in [2.24, 2.45) is 0 Å². The fourth-order valence-corrected chi connectivity index (χ4v) is 2.95. The van der Waals surface area contributed by atoms with Crippen molar-refractivity contribution >= 4 is 28.8 Å². The molecule has 7 nitrogen and oxygen atoms in total. The van der Waals surface area contributed by atoms with E-state index >= 15 is 0 Å². The second-order valence-corrected chi connectivity index (χ2v) is 7.65. The van der Waals surface area contributed by atoms with E-state index < -0.39 is 0 Å². The summed E-state index contributed by atoms with van der Waals surface area (Å²) < 4.78 is 5.75. The molecule has 0 aromatic carbocycles. The van der Waals surface area contributed by atoms with Crippen molar-refractivity contribution in [2.75, 3.05) is 18.8 Å². The molecule has 1 aromatic rings. The molecule has 1 aliphatic heterocycles. The van der Waals surface area contributed by atoms with Gasteiger partial charge in [0.1, 0.15) is 5.76 Å². The number of nitrogens with zero attached hydrogens (tertiary/aromatic N) is 2. The van der Waals surface area contributed by atoms with Crippen molar-refractivity contribution in [2.45, 2.75) is 46.0 Å². The van der Waals surface area contributed by atoms with Gasteiger partial charge in [-0.25, -0.2) is 4.98 Å². The third kappa shape index (κ3) is 4.59. The van der Waals surface area contributed by atoms with E-state index in [4.69, 9.17) is 4.42 Å². The Morgan fingerprint density at radius 3 is 2.62 bits per heavy atom. The van der Waals surface area contributed by atoms with Crippen LogP contribution in [-0.2, 0) is 21.4 Å². The molecule has 0 aliphatic carbocycles. The van der Waals surface area contributed by atoms with Gasteiger partial charge in [-0.2, -0.15) is 0 Å². The molecule has 0 saturated carbocycles. The van der Waals surface area contributed by atoms with Crippen LogP contribution >= 0.6 is 11.8 Å². The molecule has 1 N–H and O–H groups in total. The quantitative estimate of drug-likeness (QED) is 0.841. The van der Waals surface area contributed by atoms with Crippen LogP contribution in [0.25, 0.3) is 0 Å². The largest absolute Gasteiger partial charge is 0.445 e. The Morgan fingerprint density at radius 1 is 1.38 bits per heavy atom. The number of hydrogen-bond donors (Lipinski definition) is 1. The lowest BCUT2D eigenvalue weighted by atomic mass is 9.97. The molecule has 0 atom stereocenters. The summed E-state index contributed by atoms with van der Waals surface area (Å²) in [6, 6.07) is 0. The number of aromatic nitrogens is 1. The van der Waals surface area contributed by atoms with Gasteiger partial charge in [-0.15, -0.1) is 0 Å². The second-order valence-electron chi connectivity index (χ2n) is 6.73. The molecule has 1 aromatic heterocycles. The van der Waals surface area contributed by atoms with Crippen molar-refractivity contribution in [3.8, 4) is 0 Å². The summed E-state index contributed by atoms with van der Waals surface area (Å²) in [6.07, 6.45) is 0.744. The zero-order chi connectivity index (χ0) is 17.9. The number of aryl methyl sites for hydroxylation is 2. The lowest BCUT2D eigenvalue weighted by Crippen LogP contribution is -2.37. The maximum absolute atomic E-state index is 11.9. The van der Waals surface area contributed by atoms with Crippen LogP contribution in [0.3, 0.4) is 0 Å². The molecular weight excluding hydrogens is 330 g/mol. The minimum absolute atomic E-state index is 0.144. The Morgan fingerprint density at radius 2 is 2.08 bits per heavy atom. The van der Waals surface area contributed by atoms with Crippen LogP contribution in [0.15, 0.2) is 4.42 Å². The highest BCUT2D eigenvalue weighted by atomic mass is 32.2. The summed E-state index contributed by atoms with van der Waals surface area (Å²) in [6.45, 7) is 8.41. The van der Waals surface area contributed by atoms with Crippen molar-refractivity contribution in [1.29, 1.82) is 0 Å². The Bertz CT molecular complexity index is 632. The zero-order valence-corrected chi connectivity index (χ0v) is 15.3. The van der Waals surface area contributed by atoms with E-state index in [1.807, 2.05) is 27.7 Å². The molecule has 1 fully saturated rings. The van der Waals surface area contributed by atoms with Gasteiger partial charge in [0.05, 0.1) is 11.4 Å². The first kappa shape index (κ1) is 18.5. The van der Waals surface area contributed by atoms with Crippen molar-refractivity contribution in [3.05, 3.63) is 17.3 Å². The van der Waals surface area contributed by atoms with E-state index in [0.717, 1.165) is 23.2 Å². The minimum Gasteiger partial charge on any atom is -0.445 e. The smallest absolute Gasteiger partial charge is 0.288 e. The normalized spacial score (nSPS) is 15.2. The average Bonchev–Trinajstić information content (AvgIpc) is 3.01. The molecule has 0 bridgehead atoms. The number of carbonyl (C=O) groups excluding carboxylic acids is 3. The maximum atomic E-state index is 11.9. The summed E-state index contributed by atoms with van der Waals surface area (Å²) in [5.41, 5.74) is 0.635. The van der Waals surface area contributed by atoms with Crippen LogP contribution in [0, 0.1) is 6.92 Å². The SMILES string of the molecule is Cc1nc(C(C)(C)C)oc1CCC(=O)NCCN1C(=O)CSC1=O. The number of rotatable bonds is 6. The predicted molar refractivity (Wildman–Crippen MR) is 90.8 cm³/mol. The molecule has 0 unspecified atom stereocenters. The first-order valence-electron chi connectivity index (χ1n) is 7.89. The fraction of sp³-hybridized carbons (Fsp3) is 0.625. The number of hydrogen-bond acceptors (Lipinski definition) is 6. The number of carbonyl (C=O) groups is 3. The molecule has 0 radical (unpaired) electrons. The third-order valence-electron chi connectivity index (χ3n) is 3.61. The highest BCUT2D eigenvalue weighted by molar-refractivity contribution is 8.14. The minimum atomic E-state index is -0.249. The molecular formula is C16H23N3O4S. The average molecular weight is 353 g/mol. The fourth-order valence-electron chi connectivity index (χ4n) is 2.20. The maximum Gasteiger partial charge on any atom is 0.288 e. The number of thioether (sulfide) groups is 1. The summed E-state index contributed by atoms with van der Waals surface area (Å²) in [5, 5.41) is 2.47. The molecule has 2 heterocycles. The van der Waals surface area contributed by atoms with E-state index in [9.17, 15) is 14.4 Å². The van der Waals surface area contributed by atoms with Gasteiger partial charge in [-0.3, -0.25) is 19.3 Å². The third-order valence-corrected chi connectivity index (χ3v) is 4.47. The van der Waals surface area contributed by atoms with Gasteiger partial charge in [-0.1, -0.05) is 32.5 Å². The predicted octanol–water partition coefficient (Wildman–Crippen LogP) is 2.02. The molecule has 3 amide bonds. The van der Waals surface area contributed by atoms with Crippen molar-refractivity contribution < 1.29 is 18.8 Å². The van der Waals surface area contributed by atoms with E-state index in [1.165, 1.54) is 4.90 Å². The van der Waals surface area contributed by atoms with Gasteiger partial charge >= 0.3 is 0 Å². The van der Waals surface area contributed by atoms with E-state index in [-0.39, 0.29) is 47.7 Å². The monoisotopic (exact) mass is 353 g/mol. The Labute approximate surface area is 145 Å². The van der Waals surface area contributed by atoms with Gasteiger partial charge in [0, 0.05) is 31.3 Å². The Hall–Kier alpha value is -1.83. The van der Waals surface area contributed by atoms with Crippen LogP contribution < -0.4 is 5.32 Å². The Balaban J connectivity index is 1.76. The first-order chi connectivity index (χ1) is 11.2. The van der Waals surface area contributed by atoms with Crippen LogP contribution in [0.4, 0.5) is 4.79 Å². The van der Waals surface area contributed by atoms with Crippen LogP contribution in [-0.4, -0.2) is 45.8 Å². The molecule has 2 rings (SSSR count). The number of nitrogens with one attached hydrogen (secondary N) is 1. The topological polar surface area (TPSA) is 92.5 Å². The summed E-state index contributed by atoms with van der Waals surface area (Å²) >= 11 is 0.991. The summed E-state index contributed by atoms with van der Waals surface area (Å²) in [7, 11) is 0. The zero-order valence-electron chi connectivity index (χ0n) is 14.5. The van der Waals surface area contributed by atoms with Crippen molar-refractivity contribution in [3.63, 3.8) is 0 Å². The van der Waals surface area contributed by atoms with Gasteiger partial charge in [0.15, 0.2) is 5.89 Å². The van der Waals surface area contributed by atoms with Crippen LogP contribution in [0.1, 0.15) is 44.5 Å². The van der Waals surface area contributed by atoms with Crippen molar-refractivity contribution in [1.82, 2.24) is 15.2 Å². The molecule has 8 heteroatoms. The van der Waals surface area contributed by atoms with Gasteiger partial charge < -0.3 is 9.73 Å². The van der Waals surface area contributed by atoms with Gasteiger partial charge in [-0.05, 0) is 6.92 Å². The molecule has 24 heavy (non-hydrogen) atoms. The molecule has 1 saturated heterocycles. The lowest BCUT2D eigenvalue weighted by Gasteiger charge is -2.13. The standard InChI is InChI=1S/C16H23N3O4S/c1-10-11(23-14(18-10)16(2,3)4)5-6-12(20)17-7-8-19-13(21)9-24-15(19)22/h5-9H2,1-4H3,(H,17,20).